The van der Waals surface area contributed by atoms with Crippen LogP contribution in [0.3, 0.4) is 0 Å². The fraction of sp³-hybridized carbons (Fsp3) is 0.357. The first-order valence-corrected chi connectivity index (χ1v) is 12.4. The SMILES string of the molecule is O=C(NC1CCCCC1)c1cn(C2CC2)cc(C(=O)N[C@@H](c2ccccc2)c2ccncc2)c1=O. The Morgan fingerprint density at radius 1 is 0.829 bits per heavy atom. The summed E-state index contributed by atoms with van der Waals surface area (Å²) in [6.07, 6.45) is 13.7. The second-order valence-electron chi connectivity index (χ2n) is 9.50. The van der Waals surface area contributed by atoms with Gasteiger partial charge in [0.25, 0.3) is 11.8 Å². The predicted molar refractivity (Wildman–Crippen MR) is 133 cm³/mol. The number of aromatic nitrogens is 2. The molecule has 0 bridgehead atoms. The van der Waals surface area contributed by atoms with Gasteiger partial charge in [-0.3, -0.25) is 19.4 Å². The average molecular weight is 471 g/mol. The Kier molecular flexibility index (Phi) is 6.75. The number of hydrogen-bond acceptors (Lipinski definition) is 4. The Balaban J connectivity index is 1.46. The molecule has 2 heterocycles. The van der Waals surface area contributed by atoms with Crippen LogP contribution in [-0.4, -0.2) is 27.4 Å². The molecular formula is C28H30N4O3. The van der Waals surface area contributed by atoms with Gasteiger partial charge < -0.3 is 15.2 Å². The Bertz CT molecular complexity index is 1210. The van der Waals surface area contributed by atoms with Crippen molar-refractivity contribution in [3.63, 3.8) is 0 Å². The van der Waals surface area contributed by atoms with Crippen molar-refractivity contribution < 1.29 is 9.59 Å². The zero-order valence-electron chi connectivity index (χ0n) is 19.7. The first-order chi connectivity index (χ1) is 17.1. The van der Waals surface area contributed by atoms with Crippen molar-refractivity contribution in [3.05, 3.63) is 99.7 Å². The van der Waals surface area contributed by atoms with E-state index < -0.39 is 17.4 Å². The molecule has 5 rings (SSSR count). The number of pyridine rings is 2. The highest BCUT2D eigenvalue weighted by atomic mass is 16.2. The minimum atomic E-state index is -0.533. The molecule has 2 amide bonds. The maximum absolute atomic E-state index is 13.5. The standard InChI is InChI=1S/C28H30N4O3/c33-26-23(27(34)30-21-9-5-2-6-10-21)17-32(22-11-12-22)18-24(26)28(35)31-25(19-7-3-1-4-8-19)20-13-15-29-16-14-20/h1,3-4,7-8,13-18,21-22,25H,2,5-6,9-12H2,(H,30,34)(H,31,35)/t25-/m0/s1. The first-order valence-electron chi connectivity index (χ1n) is 12.4. The molecule has 0 saturated heterocycles. The van der Waals surface area contributed by atoms with E-state index in [0.29, 0.717) is 0 Å². The van der Waals surface area contributed by atoms with Crippen LogP contribution < -0.4 is 16.1 Å². The van der Waals surface area contributed by atoms with Crippen molar-refractivity contribution in [2.75, 3.05) is 0 Å². The highest BCUT2D eigenvalue weighted by Crippen LogP contribution is 2.34. The Morgan fingerprint density at radius 2 is 1.46 bits per heavy atom. The lowest BCUT2D eigenvalue weighted by Gasteiger charge is -2.23. The van der Waals surface area contributed by atoms with Gasteiger partial charge in [-0.1, -0.05) is 49.6 Å². The van der Waals surface area contributed by atoms with E-state index >= 15 is 0 Å². The first kappa shape index (κ1) is 23.0. The predicted octanol–water partition coefficient (Wildman–Crippen LogP) is 4.16. The third-order valence-electron chi connectivity index (χ3n) is 6.89. The van der Waals surface area contributed by atoms with Gasteiger partial charge in [0.05, 0.1) is 6.04 Å². The van der Waals surface area contributed by atoms with E-state index in [0.717, 1.165) is 49.7 Å². The average Bonchev–Trinajstić information content (AvgIpc) is 3.74. The van der Waals surface area contributed by atoms with Gasteiger partial charge in [-0.2, -0.15) is 0 Å². The minimum Gasteiger partial charge on any atom is -0.349 e. The molecule has 2 N–H and O–H groups in total. The molecule has 2 saturated carbocycles. The van der Waals surface area contributed by atoms with Crippen LogP contribution in [0.1, 0.15) is 88.9 Å². The summed E-state index contributed by atoms with van der Waals surface area (Å²) >= 11 is 0. The lowest BCUT2D eigenvalue weighted by molar-refractivity contribution is 0.0925. The third-order valence-corrected chi connectivity index (χ3v) is 6.89. The summed E-state index contributed by atoms with van der Waals surface area (Å²) in [4.78, 5) is 44.1. The van der Waals surface area contributed by atoms with Gasteiger partial charge in [0.15, 0.2) is 0 Å². The minimum absolute atomic E-state index is 0.0109. The smallest absolute Gasteiger partial charge is 0.257 e. The molecule has 35 heavy (non-hydrogen) atoms. The summed E-state index contributed by atoms with van der Waals surface area (Å²) in [6, 6.07) is 13.1. The monoisotopic (exact) mass is 470 g/mol. The Labute approximate surface area is 204 Å². The van der Waals surface area contributed by atoms with Crippen LogP contribution in [0, 0.1) is 0 Å². The second-order valence-corrected chi connectivity index (χ2v) is 9.50. The second kappa shape index (κ2) is 10.3. The van der Waals surface area contributed by atoms with Crippen molar-refractivity contribution in [1.29, 1.82) is 0 Å². The number of nitrogens with one attached hydrogen (secondary N) is 2. The van der Waals surface area contributed by atoms with Crippen LogP contribution in [-0.2, 0) is 0 Å². The molecule has 1 atom stereocenters. The third kappa shape index (κ3) is 5.34. The molecule has 0 spiro atoms. The summed E-state index contributed by atoms with van der Waals surface area (Å²) in [6.45, 7) is 0. The van der Waals surface area contributed by atoms with E-state index in [2.05, 4.69) is 15.6 Å². The van der Waals surface area contributed by atoms with Crippen LogP contribution in [0.2, 0.25) is 0 Å². The summed E-state index contributed by atoms with van der Waals surface area (Å²) in [7, 11) is 0. The van der Waals surface area contributed by atoms with Gasteiger partial charge >= 0.3 is 0 Å². The molecule has 0 unspecified atom stereocenters. The number of benzene rings is 1. The highest BCUT2D eigenvalue weighted by Gasteiger charge is 2.29. The molecule has 3 aromatic rings. The number of amides is 2. The maximum atomic E-state index is 13.5. The molecule has 1 aromatic carbocycles. The summed E-state index contributed by atoms with van der Waals surface area (Å²) in [5.74, 6) is -0.887. The van der Waals surface area contributed by atoms with Gasteiger partial charge in [-0.25, -0.2) is 0 Å². The van der Waals surface area contributed by atoms with Gasteiger partial charge in [0, 0.05) is 36.9 Å². The van der Waals surface area contributed by atoms with E-state index in [4.69, 9.17) is 0 Å². The quantitative estimate of drug-likeness (QED) is 0.542. The van der Waals surface area contributed by atoms with Gasteiger partial charge in [-0.15, -0.1) is 0 Å². The van der Waals surface area contributed by atoms with Crippen molar-refractivity contribution in [2.45, 2.75) is 63.1 Å². The summed E-state index contributed by atoms with van der Waals surface area (Å²) in [5.41, 5.74) is 1.24. The molecule has 7 heteroatoms. The van der Waals surface area contributed by atoms with Crippen LogP contribution in [0.5, 0.6) is 0 Å². The number of hydrogen-bond donors (Lipinski definition) is 2. The van der Waals surface area contributed by atoms with E-state index in [1.165, 1.54) is 6.42 Å². The molecule has 0 aliphatic heterocycles. The molecule has 2 aromatic heterocycles. The fourth-order valence-corrected chi connectivity index (χ4v) is 4.78. The van der Waals surface area contributed by atoms with Crippen LogP contribution >= 0.6 is 0 Å². The normalized spacial score (nSPS) is 16.9. The van der Waals surface area contributed by atoms with Gasteiger partial charge in [0.1, 0.15) is 11.1 Å². The number of nitrogens with zero attached hydrogens (tertiary/aromatic N) is 2. The van der Waals surface area contributed by atoms with Crippen LogP contribution in [0.4, 0.5) is 0 Å². The Hall–Kier alpha value is -3.74. The van der Waals surface area contributed by atoms with Gasteiger partial charge in [-0.05, 0) is 48.9 Å². The summed E-state index contributed by atoms with van der Waals surface area (Å²) in [5, 5.41) is 6.06. The van der Waals surface area contributed by atoms with Crippen LogP contribution in [0.15, 0.2) is 72.0 Å². The van der Waals surface area contributed by atoms with Crippen molar-refractivity contribution in [1.82, 2.24) is 20.2 Å². The number of carbonyl (C=O) groups is 2. The number of carbonyl (C=O) groups excluding carboxylic acids is 2. The zero-order valence-corrected chi connectivity index (χ0v) is 19.7. The van der Waals surface area contributed by atoms with Crippen molar-refractivity contribution >= 4 is 11.8 Å². The lowest BCUT2D eigenvalue weighted by Crippen LogP contribution is -2.40. The molecule has 180 valence electrons. The van der Waals surface area contributed by atoms with E-state index in [1.807, 2.05) is 47.0 Å². The highest BCUT2D eigenvalue weighted by molar-refractivity contribution is 5.99. The van der Waals surface area contributed by atoms with E-state index in [9.17, 15) is 14.4 Å². The molecule has 0 radical (unpaired) electrons. The lowest BCUT2D eigenvalue weighted by atomic mass is 9.95. The van der Waals surface area contributed by atoms with Crippen molar-refractivity contribution in [2.24, 2.45) is 0 Å². The van der Waals surface area contributed by atoms with E-state index in [1.54, 1.807) is 24.8 Å². The molecule has 2 aliphatic rings. The molecule has 7 nitrogen and oxygen atoms in total. The molecule has 2 aliphatic carbocycles. The van der Waals surface area contributed by atoms with E-state index in [-0.39, 0.29) is 29.1 Å². The zero-order chi connectivity index (χ0) is 24.2. The van der Waals surface area contributed by atoms with Gasteiger partial charge in [0.2, 0.25) is 5.43 Å². The molecule has 2 fully saturated rings. The maximum Gasteiger partial charge on any atom is 0.257 e. The largest absolute Gasteiger partial charge is 0.349 e. The summed E-state index contributed by atoms with van der Waals surface area (Å²) < 4.78 is 1.86. The van der Waals surface area contributed by atoms with Crippen LogP contribution in [0.25, 0.3) is 0 Å². The number of rotatable bonds is 7. The topological polar surface area (TPSA) is 93.1 Å². The van der Waals surface area contributed by atoms with Crippen molar-refractivity contribution in [3.8, 4) is 0 Å². The molecular weight excluding hydrogens is 440 g/mol. The Morgan fingerprint density at radius 3 is 2.11 bits per heavy atom. The fourth-order valence-electron chi connectivity index (χ4n) is 4.78.